The molecule has 2 bridgehead atoms. The Morgan fingerprint density at radius 3 is 2.39 bits per heavy atom. The highest BCUT2D eigenvalue weighted by molar-refractivity contribution is 5.91. The van der Waals surface area contributed by atoms with Gasteiger partial charge in [0.2, 0.25) is 11.8 Å². The van der Waals surface area contributed by atoms with Crippen LogP contribution in [0.15, 0.2) is 42.5 Å². The van der Waals surface area contributed by atoms with Gasteiger partial charge in [0.1, 0.15) is 29.6 Å². The summed E-state index contributed by atoms with van der Waals surface area (Å²) in [6.45, 7) is 5.36. The van der Waals surface area contributed by atoms with Crippen LogP contribution in [-0.2, 0) is 20.7 Å². The molecule has 1 heterocycles. The van der Waals surface area contributed by atoms with Crippen molar-refractivity contribution in [3.8, 4) is 17.2 Å². The van der Waals surface area contributed by atoms with Crippen LogP contribution < -0.4 is 5.73 Å². The summed E-state index contributed by atoms with van der Waals surface area (Å²) < 4.78 is 19.6. The number of likely N-dealkylation sites (N-methyl/N-ethyl adjacent to an activating group) is 1. The van der Waals surface area contributed by atoms with Gasteiger partial charge in [-0.15, -0.1) is 0 Å². The summed E-state index contributed by atoms with van der Waals surface area (Å²) in [5, 5.41) is 8.93. The zero-order chi connectivity index (χ0) is 27.8. The molecule has 3 amide bonds. The molecular weight excluding hydrogens is 487 g/mol. The second kappa shape index (κ2) is 10.4. The minimum absolute atomic E-state index is 0.0168. The average molecular weight is 521 g/mol. The lowest BCUT2D eigenvalue weighted by molar-refractivity contribution is -0.143. The first kappa shape index (κ1) is 27.1. The molecule has 0 spiro atoms. The summed E-state index contributed by atoms with van der Waals surface area (Å²) in [5.41, 5.74) is 7.14. The van der Waals surface area contributed by atoms with E-state index in [4.69, 9.17) is 15.7 Å². The number of hydrogen-bond acceptors (Lipinski definition) is 5. The van der Waals surface area contributed by atoms with Crippen LogP contribution in [0.5, 0.6) is 0 Å². The lowest BCUT2D eigenvalue weighted by Gasteiger charge is -2.38. The Kier molecular flexibility index (Phi) is 7.45. The summed E-state index contributed by atoms with van der Waals surface area (Å²) in [6, 6.07) is 11.7. The van der Waals surface area contributed by atoms with E-state index in [1.54, 1.807) is 69.1 Å². The van der Waals surface area contributed by atoms with Crippen molar-refractivity contribution in [2.24, 2.45) is 11.7 Å². The maximum absolute atomic E-state index is 14.0. The van der Waals surface area contributed by atoms with Gasteiger partial charge in [-0.2, -0.15) is 5.26 Å². The molecule has 2 aliphatic rings. The van der Waals surface area contributed by atoms with E-state index in [0.717, 1.165) is 30.4 Å². The van der Waals surface area contributed by atoms with E-state index in [0.29, 0.717) is 5.56 Å². The van der Waals surface area contributed by atoms with Crippen molar-refractivity contribution in [2.75, 3.05) is 7.05 Å². The third-order valence-electron chi connectivity index (χ3n) is 7.39. The highest BCUT2D eigenvalue weighted by Crippen LogP contribution is 2.44. The van der Waals surface area contributed by atoms with Crippen LogP contribution in [0.3, 0.4) is 0 Å². The van der Waals surface area contributed by atoms with Crippen LogP contribution >= 0.6 is 0 Å². The van der Waals surface area contributed by atoms with E-state index in [9.17, 15) is 18.8 Å². The number of nitrogens with two attached hydrogens (primary N) is 1. The quantitative estimate of drug-likeness (QED) is 0.618. The number of primary amides is 1. The van der Waals surface area contributed by atoms with Crippen molar-refractivity contribution in [3.05, 3.63) is 59.4 Å². The van der Waals surface area contributed by atoms with Gasteiger partial charge < -0.3 is 15.4 Å². The minimum atomic E-state index is -0.916. The molecule has 0 unspecified atom stereocenters. The maximum Gasteiger partial charge on any atom is 0.411 e. The SMILES string of the molecule is CN(C(=O)[C@@H]1[C@H]2CC[C@H](C2)N1C(=O)OC(C)(C)C)[C@@H](Cc1ccc(-c2ccc(C#N)c(F)c2)cc1)C(N)=O. The maximum atomic E-state index is 14.0. The monoisotopic (exact) mass is 520 g/mol. The number of ether oxygens (including phenoxy) is 1. The minimum Gasteiger partial charge on any atom is -0.444 e. The molecule has 0 aromatic heterocycles. The van der Waals surface area contributed by atoms with Gasteiger partial charge in [0, 0.05) is 19.5 Å². The number of fused-ring (bicyclic) bond motifs is 2. The largest absolute Gasteiger partial charge is 0.444 e. The first-order valence-electron chi connectivity index (χ1n) is 12.8. The standard InChI is InChI=1S/C29H33FN4O4/c1-29(2,3)38-28(37)34-22-12-11-20(14-22)25(34)27(36)33(4)24(26(32)35)13-17-5-7-18(8-6-17)19-9-10-21(16-31)23(30)15-19/h5-10,15,20,22,24-25H,11-14H2,1-4H3,(H2,32,35)/t20-,22+,24-,25-/m0/s1. The molecule has 2 fully saturated rings. The molecule has 2 N–H and O–H groups in total. The Balaban J connectivity index is 1.50. The van der Waals surface area contributed by atoms with Crippen LogP contribution in [-0.4, -0.2) is 58.5 Å². The molecular formula is C29H33FN4O4. The van der Waals surface area contributed by atoms with Crippen LogP contribution in [0.25, 0.3) is 11.1 Å². The molecule has 4 rings (SSSR count). The number of nitriles is 1. The third kappa shape index (κ3) is 5.49. The van der Waals surface area contributed by atoms with Gasteiger partial charge in [0.15, 0.2) is 0 Å². The zero-order valence-electron chi connectivity index (χ0n) is 22.1. The van der Waals surface area contributed by atoms with Gasteiger partial charge in [-0.05, 0) is 74.8 Å². The van der Waals surface area contributed by atoms with Gasteiger partial charge in [-0.1, -0.05) is 30.3 Å². The molecule has 9 heteroatoms. The smallest absolute Gasteiger partial charge is 0.411 e. The first-order valence-corrected chi connectivity index (χ1v) is 12.8. The van der Waals surface area contributed by atoms with Gasteiger partial charge >= 0.3 is 6.09 Å². The van der Waals surface area contributed by atoms with Crippen molar-refractivity contribution in [3.63, 3.8) is 0 Å². The molecule has 2 aromatic carbocycles. The normalized spacial score (nSPS) is 21.1. The number of halogens is 1. The van der Waals surface area contributed by atoms with E-state index in [1.165, 1.54) is 17.0 Å². The van der Waals surface area contributed by atoms with E-state index in [2.05, 4.69) is 0 Å². The Labute approximate surface area is 222 Å². The summed E-state index contributed by atoms with van der Waals surface area (Å²) in [6.07, 6.45) is 2.08. The fourth-order valence-electron chi connectivity index (χ4n) is 5.52. The van der Waals surface area contributed by atoms with Crippen molar-refractivity contribution in [2.45, 2.75) is 70.2 Å². The van der Waals surface area contributed by atoms with E-state index in [-0.39, 0.29) is 29.9 Å². The number of amides is 3. The summed E-state index contributed by atoms with van der Waals surface area (Å²) in [5.74, 6) is -1.55. The topological polar surface area (TPSA) is 117 Å². The molecule has 1 aliphatic carbocycles. The predicted molar refractivity (Wildman–Crippen MR) is 139 cm³/mol. The Bertz CT molecular complexity index is 1280. The number of piperidine rings is 1. The van der Waals surface area contributed by atoms with Gasteiger partial charge in [0.05, 0.1) is 5.56 Å². The van der Waals surface area contributed by atoms with Crippen LogP contribution in [0.1, 0.15) is 51.2 Å². The number of carbonyl (C=O) groups is 3. The number of carbonyl (C=O) groups excluding carboxylic acids is 3. The zero-order valence-corrected chi connectivity index (χ0v) is 22.1. The van der Waals surface area contributed by atoms with Crippen LogP contribution in [0.4, 0.5) is 9.18 Å². The molecule has 38 heavy (non-hydrogen) atoms. The van der Waals surface area contributed by atoms with E-state index in [1.807, 2.05) is 0 Å². The van der Waals surface area contributed by atoms with Crippen molar-refractivity contribution in [1.82, 2.24) is 9.80 Å². The summed E-state index contributed by atoms with van der Waals surface area (Å²) >= 11 is 0. The molecule has 4 atom stereocenters. The number of likely N-dealkylation sites (tertiary alicyclic amines) is 1. The van der Waals surface area contributed by atoms with Gasteiger partial charge in [-0.25, -0.2) is 9.18 Å². The Morgan fingerprint density at radius 2 is 1.82 bits per heavy atom. The molecule has 200 valence electrons. The van der Waals surface area contributed by atoms with Gasteiger partial charge in [0.25, 0.3) is 0 Å². The van der Waals surface area contributed by atoms with E-state index < -0.39 is 35.5 Å². The average Bonchev–Trinajstić information content (AvgIpc) is 3.47. The lowest BCUT2D eigenvalue weighted by Crippen LogP contribution is -2.57. The summed E-state index contributed by atoms with van der Waals surface area (Å²) in [4.78, 5) is 42.1. The second-order valence-electron chi connectivity index (χ2n) is 11.1. The second-order valence-corrected chi connectivity index (χ2v) is 11.1. The van der Waals surface area contributed by atoms with Crippen molar-refractivity contribution in [1.29, 1.82) is 5.26 Å². The van der Waals surface area contributed by atoms with Crippen molar-refractivity contribution < 1.29 is 23.5 Å². The molecule has 1 saturated heterocycles. The Hall–Kier alpha value is -3.93. The highest BCUT2D eigenvalue weighted by Gasteiger charge is 2.53. The number of benzene rings is 2. The molecule has 1 aliphatic heterocycles. The third-order valence-corrected chi connectivity index (χ3v) is 7.39. The Morgan fingerprint density at radius 1 is 1.16 bits per heavy atom. The van der Waals surface area contributed by atoms with Gasteiger partial charge in [-0.3, -0.25) is 14.5 Å². The molecule has 0 radical (unpaired) electrons. The van der Waals surface area contributed by atoms with Crippen LogP contribution in [0, 0.1) is 23.1 Å². The molecule has 2 aromatic rings. The number of hydrogen-bond donors (Lipinski definition) is 1. The predicted octanol–water partition coefficient (Wildman–Crippen LogP) is 4.01. The molecule has 8 nitrogen and oxygen atoms in total. The molecule has 1 saturated carbocycles. The van der Waals surface area contributed by atoms with Crippen LogP contribution in [0.2, 0.25) is 0 Å². The number of nitrogens with zero attached hydrogens (tertiary/aromatic N) is 3. The fourth-order valence-corrected chi connectivity index (χ4v) is 5.52. The highest BCUT2D eigenvalue weighted by atomic mass is 19.1. The fraction of sp³-hybridized carbons (Fsp3) is 0.448. The first-order chi connectivity index (χ1) is 17.9. The van der Waals surface area contributed by atoms with E-state index >= 15 is 0 Å². The van der Waals surface area contributed by atoms with Crippen molar-refractivity contribution >= 4 is 17.9 Å². The number of rotatable bonds is 6. The lowest BCUT2D eigenvalue weighted by atomic mass is 9.95. The summed E-state index contributed by atoms with van der Waals surface area (Å²) in [7, 11) is 1.55.